The molecule has 1 fully saturated rings. The number of nitro benzene ring substituents is 1. The van der Waals surface area contributed by atoms with Gasteiger partial charge in [0, 0.05) is 12.7 Å². The molecule has 3 rings (SSSR count). The number of fused-ring (bicyclic) bond motifs is 1. The van der Waals surface area contributed by atoms with E-state index in [1.54, 1.807) is 24.4 Å². The molecule has 1 saturated carbocycles. The molecule has 0 radical (unpaired) electrons. The second-order valence-corrected chi connectivity index (χ2v) is 6.16. The topological polar surface area (TPSA) is 68.1 Å². The SMILES string of the molecule is CC(C)C1(CNc2ccc3ncccc3c2[N+](=O)[O-])CC1. The Labute approximate surface area is 123 Å². The van der Waals surface area contributed by atoms with Gasteiger partial charge in [-0.1, -0.05) is 13.8 Å². The van der Waals surface area contributed by atoms with E-state index in [1.807, 2.05) is 6.07 Å². The fourth-order valence-corrected chi connectivity index (χ4v) is 2.87. The molecule has 1 aliphatic carbocycles. The Morgan fingerprint density at radius 1 is 1.38 bits per heavy atom. The summed E-state index contributed by atoms with van der Waals surface area (Å²) in [7, 11) is 0. The Hall–Kier alpha value is -2.17. The van der Waals surface area contributed by atoms with Crippen LogP contribution in [0.25, 0.3) is 10.9 Å². The van der Waals surface area contributed by atoms with Crippen molar-refractivity contribution in [2.75, 3.05) is 11.9 Å². The first kappa shape index (κ1) is 13.8. The lowest BCUT2D eigenvalue weighted by atomic mass is 9.92. The van der Waals surface area contributed by atoms with E-state index >= 15 is 0 Å². The molecule has 110 valence electrons. The molecule has 0 saturated heterocycles. The summed E-state index contributed by atoms with van der Waals surface area (Å²) in [5, 5.41) is 15.3. The molecule has 5 heteroatoms. The first-order valence-corrected chi connectivity index (χ1v) is 7.29. The number of rotatable bonds is 5. The molecule has 5 nitrogen and oxygen atoms in total. The highest BCUT2D eigenvalue weighted by Crippen LogP contribution is 2.52. The van der Waals surface area contributed by atoms with Crippen molar-refractivity contribution < 1.29 is 4.92 Å². The van der Waals surface area contributed by atoms with Gasteiger partial charge >= 0.3 is 5.69 Å². The van der Waals surface area contributed by atoms with Gasteiger partial charge in [-0.15, -0.1) is 0 Å². The molecule has 2 aromatic rings. The Morgan fingerprint density at radius 3 is 2.76 bits per heavy atom. The van der Waals surface area contributed by atoms with Crippen molar-refractivity contribution in [3.05, 3.63) is 40.6 Å². The fraction of sp³-hybridized carbons (Fsp3) is 0.438. The van der Waals surface area contributed by atoms with Crippen LogP contribution in [-0.2, 0) is 0 Å². The number of benzene rings is 1. The van der Waals surface area contributed by atoms with Crippen LogP contribution in [0, 0.1) is 21.4 Å². The molecule has 0 amide bonds. The third-order valence-electron chi connectivity index (χ3n) is 4.69. The van der Waals surface area contributed by atoms with Crippen molar-refractivity contribution in [1.29, 1.82) is 0 Å². The van der Waals surface area contributed by atoms with E-state index in [0.717, 1.165) is 6.54 Å². The third kappa shape index (κ3) is 2.44. The van der Waals surface area contributed by atoms with Crippen LogP contribution in [0.3, 0.4) is 0 Å². The van der Waals surface area contributed by atoms with Crippen molar-refractivity contribution >= 4 is 22.3 Å². The Kier molecular flexibility index (Phi) is 3.27. The highest BCUT2D eigenvalue weighted by molar-refractivity contribution is 5.94. The average molecular weight is 285 g/mol. The smallest absolute Gasteiger partial charge is 0.301 e. The van der Waals surface area contributed by atoms with Gasteiger partial charge in [0.1, 0.15) is 5.69 Å². The van der Waals surface area contributed by atoms with Crippen molar-refractivity contribution in [1.82, 2.24) is 4.98 Å². The maximum absolute atomic E-state index is 11.4. The standard InChI is InChI=1S/C16H19N3O2/c1-11(2)16(7-8-16)10-18-14-6-5-13-12(4-3-9-17-13)15(14)19(20)21/h3-6,9,11,18H,7-8,10H2,1-2H3. The quantitative estimate of drug-likeness (QED) is 0.666. The summed E-state index contributed by atoms with van der Waals surface area (Å²) in [6, 6.07) is 7.08. The normalized spacial score (nSPS) is 16.1. The van der Waals surface area contributed by atoms with Gasteiger partial charge in [-0.25, -0.2) is 0 Å². The van der Waals surface area contributed by atoms with E-state index in [9.17, 15) is 10.1 Å². The first-order valence-electron chi connectivity index (χ1n) is 7.29. The molecule has 0 atom stereocenters. The lowest BCUT2D eigenvalue weighted by molar-refractivity contribution is -0.382. The predicted molar refractivity (Wildman–Crippen MR) is 83.4 cm³/mol. The molecule has 1 aromatic carbocycles. The second kappa shape index (κ2) is 4.98. The van der Waals surface area contributed by atoms with Gasteiger partial charge in [0.05, 0.1) is 15.8 Å². The summed E-state index contributed by atoms with van der Waals surface area (Å²) in [5.41, 5.74) is 1.67. The van der Waals surface area contributed by atoms with Gasteiger partial charge in [0.15, 0.2) is 0 Å². The van der Waals surface area contributed by atoms with Crippen molar-refractivity contribution in [3.8, 4) is 0 Å². The largest absolute Gasteiger partial charge is 0.379 e. The minimum Gasteiger partial charge on any atom is -0.379 e. The molecule has 0 aliphatic heterocycles. The van der Waals surface area contributed by atoms with Crippen molar-refractivity contribution in [3.63, 3.8) is 0 Å². The summed E-state index contributed by atoms with van der Waals surface area (Å²) in [4.78, 5) is 15.3. The molecule has 0 bridgehead atoms. The number of anilines is 1. The number of hydrogen-bond donors (Lipinski definition) is 1. The van der Waals surface area contributed by atoms with E-state index in [4.69, 9.17) is 0 Å². The van der Waals surface area contributed by atoms with Gasteiger partial charge in [0.25, 0.3) is 0 Å². The van der Waals surface area contributed by atoms with Gasteiger partial charge in [-0.3, -0.25) is 15.1 Å². The second-order valence-electron chi connectivity index (χ2n) is 6.16. The predicted octanol–water partition coefficient (Wildman–Crippen LogP) is 3.99. The molecule has 1 aromatic heterocycles. The minimum absolute atomic E-state index is 0.125. The van der Waals surface area contributed by atoms with Gasteiger partial charge in [-0.2, -0.15) is 0 Å². The molecule has 1 aliphatic rings. The molecule has 1 N–H and O–H groups in total. The maximum Gasteiger partial charge on any atom is 0.301 e. The highest BCUT2D eigenvalue weighted by atomic mass is 16.6. The molecule has 0 spiro atoms. The van der Waals surface area contributed by atoms with Crippen LogP contribution in [0.1, 0.15) is 26.7 Å². The van der Waals surface area contributed by atoms with E-state index < -0.39 is 0 Å². The lowest BCUT2D eigenvalue weighted by Gasteiger charge is -2.20. The van der Waals surface area contributed by atoms with Crippen LogP contribution in [0.4, 0.5) is 11.4 Å². The van der Waals surface area contributed by atoms with E-state index in [1.165, 1.54) is 12.8 Å². The molecule has 21 heavy (non-hydrogen) atoms. The van der Waals surface area contributed by atoms with Crippen molar-refractivity contribution in [2.24, 2.45) is 11.3 Å². The van der Waals surface area contributed by atoms with Crippen LogP contribution in [0.15, 0.2) is 30.5 Å². The molecular formula is C16H19N3O2. The minimum atomic E-state index is -0.318. The summed E-state index contributed by atoms with van der Waals surface area (Å²) >= 11 is 0. The van der Waals surface area contributed by atoms with E-state index in [2.05, 4.69) is 24.1 Å². The zero-order chi connectivity index (χ0) is 15.0. The average Bonchev–Trinajstić information content (AvgIpc) is 3.25. The first-order chi connectivity index (χ1) is 10.0. The van der Waals surface area contributed by atoms with Gasteiger partial charge < -0.3 is 5.32 Å². The zero-order valence-electron chi connectivity index (χ0n) is 12.3. The van der Waals surface area contributed by atoms with Gasteiger partial charge in [-0.05, 0) is 48.4 Å². The molecule has 1 heterocycles. The number of hydrogen-bond acceptors (Lipinski definition) is 4. The van der Waals surface area contributed by atoms with Crippen LogP contribution >= 0.6 is 0 Å². The number of aromatic nitrogens is 1. The van der Waals surface area contributed by atoms with Gasteiger partial charge in [0.2, 0.25) is 0 Å². The fourth-order valence-electron chi connectivity index (χ4n) is 2.87. The van der Waals surface area contributed by atoms with Crippen LogP contribution in [0.2, 0.25) is 0 Å². The number of nitrogens with zero attached hydrogens (tertiary/aromatic N) is 2. The number of pyridine rings is 1. The molecular weight excluding hydrogens is 266 g/mol. The van der Waals surface area contributed by atoms with Crippen LogP contribution in [-0.4, -0.2) is 16.5 Å². The summed E-state index contributed by atoms with van der Waals surface area (Å²) in [6.45, 7) is 5.22. The summed E-state index contributed by atoms with van der Waals surface area (Å²) in [5.74, 6) is 0.589. The highest BCUT2D eigenvalue weighted by Gasteiger charge is 2.45. The Balaban J connectivity index is 1.95. The third-order valence-corrected chi connectivity index (χ3v) is 4.69. The van der Waals surface area contributed by atoms with Crippen LogP contribution < -0.4 is 5.32 Å². The number of nitrogens with one attached hydrogen (secondary N) is 1. The lowest BCUT2D eigenvalue weighted by Crippen LogP contribution is -2.21. The monoisotopic (exact) mass is 285 g/mol. The Bertz CT molecular complexity index is 693. The molecule has 0 unspecified atom stereocenters. The van der Waals surface area contributed by atoms with Crippen LogP contribution in [0.5, 0.6) is 0 Å². The summed E-state index contributed by atoms with van der Waals surface area (Å²) in [6.07, 6.45) is 4.04. The summed E-state index contributed by atoms with van der Waals surface area (Å²) < 4.78 is 0. The van der Waals surface area contributed by atoms with Crippen molar-refractivity contribution in [2.45, 2.75) is 26.7 Å². The Morgan fingerprint density at radius 2 is 2.14 bits per heavy atom. The maximum atomic E-state index is 11.4. The zero-order valence-corrected chi connectivity index (χ0v) is 12.3. The van der Waals surface area contributed by atoms with E-state index in [-0.39, 0.29) is 10.6 Å². The number of nitro groups is 1. The van der Waals surface area contributed by atoms with E-state index in [0.29, 0.717) is 27.9 Å².